The van der Waals surface area contributed by atoms with Gasteiger partial charge in [0.2, 0.25) is 0 Å². The summed E-state index contributed by atoms with van der Waals surface area (Å²) in [5.41, 5.74) is 0. The Morgan fingerprint density at radius 1 is 0.569 bits per heavy atom. The zero-order chi connectivity index (χ0) is 38.2. The predicted octanol–water partition coefficient (Wildman–Crippen LogP) is -6.85. The average Bonchev–Trinajstić information content (AvgIpc) is 3.11. The largest absolute Gasteiger partial charge is 0.394 e. The molecule has 3 aliphatic rings. The van der Waals surface area contributed by atoms with Crippen molar-refractivity contribution in [1.82, 2.24) is 0 Å². The normalized spacial score (nSPS) is 41.7. The van der Waals surface area contributed by atoms with Crippen molar-refractivity contribution in [2.24, 2.45) is 5.92 Å². The fraction of sp³-hybridized carbons (Fsp3) is 1.00. The molecule has 0 bridgehead atoms. The summed E-state index contributed by atoms with van der Waals surface area (Å²) < 4.78 is 33.9. The van der Waals surface area contributed by atoms with Crippen molar-refractivity contribution >= 4 is 0 Å². The van der Waals surface area contributed by atoms with E-state index in [1.54, 1.807) is 13.8 Å². The lowest BCUT2D eigenvalue weighted by Gasteiger charge is -2.47. The van der Waals surface area contributed by atoms with E-state index in [4.69, 9.17) is 33.5 Å². The van der Waals surface area contributed by atoms with Gasteiger partial charge in [0.15, 0.2) is 12.6 Å². The van der Waals surface area contributed by atoms with Crippen LogP contribution in [0, 0.1) is 5.92 Å². The Labute approximate surface area is 294 Å². The van der Waals surface area contributed by atoms with Gasteiger partial charge < -0.3 is 99.9 Å². The third-order valence-electron chi connectivity index (χ3n) is 9.51. The van der Waals surface area contributed by atoms with Gasteiger partial charge in [-0.15, -0.1) is 0 Å². The second kappa shape index (κ2) is 20.8. The lowest BCUT2D eigenvalue weighted by atomic mass is 9.89. The molecule has 0 amide bonds. The van der Waals surface area contributed by atoms with Crippen LogP contribution in [0.1, 0.15) is 39.5 Å². The number of aliphatic hydroxyl groups is 14. The average molecular weight is 751 g/mol. The molecule has 0 spiro atoms. The first kappa shape index (κ1) is 44.6. The molecule has 0 aromatic heterocycles. The van der Waals surface area contributed by atoms with Crippen molar-refractivity contribution in [2.75, 3.05) is 33.0 Å². The maximum atomic E-state index is 11.2. The molecule has 20 heteroatoms. The minimum absolute atomic E-state index is 0.0980. The highest BCUT2D eigenvalue weighted by atomic mass is 16.7. The molecular formula is C31H58O20. The van der Waals surface area contributed by atoms with Gasteiger partial charge in [-0.2, -0.15) is 0 Å². The number of ether oxygens (including phenoxy) is 6. The van der Waals surface area contributed by atoms with Crippen LogP contribution in [0.4, 0.5) is 0 Å². The highest BCUT2D eigenvalue weighted by molar-refractivity contribution is 4.97. The summed E-state index contributed by atoms with van der Waals surface area (Å²) in [5, 5.41) is 142. The number of hydrogen-bond donors (Lipinski definition) is 14. The standard InChI is InChI=1S/C31H58O20/c1-12(2)28-27(45)29(51-31-26(44)23(41)20(38)15(9-33)49-31)22(40)17(48-28)11-47-30-25(43)24(42)21(39)16(50-30)10-46-7-5-3-4-6-13(34)18(36)19(37)14(35)8-32/h12-45H,3-11H2,1-2H3/t13-,14-,15?,16?,17?,18-,19-,20?,21?,22?,23?,24?,25?,26?,27?,28?,29?,30?,31?/m1/s1. The van der Waals surface area contributed by atoms with Crippen molar-refractivity contribution in [1.29, 1.82) is 0 Å². The summed E-state index contributed by atoms with van der Waals surface area (Å²) in [6.45, 7) is 1.39. The van der Waals surface area contributed by atoms with Gasteiger partial charge in [-0.05, 0) is 18.8 Å². The van der Waals surface area contributed by atoms with Gasteiger partial charge in [-0.3, -0.25) is 0 Å². The van der Waals surface area contributed by atoms with E-state index in [2.05, 4.69) is 0 Å². The van der Waals surface area contributed by atoms with E-state index in [0.29, 0.717) is 19.3 Å². The molecule has 3 fully saturated rings. The van der Waals surface area contributed by atoms with Gasteiger partial charge >= 0.3 is 0 Å². The number of hydrogen-bond acceptors (Lipinski definition) is 20. The van der Waals surface area contributed by atoms with Crippen molar-refractivity contribution in [3.05, 3.63) is 0 Å². The highest BCUT2D eigenvalue weighted by Gasteiger charge is 2.52. The van der Waals surface area contributed by atoms with Gasteiger partial charge in [0, 0.05) is 6.61 Å². The van der Waals surface area contributed by atoms with Crippen molar-refractivity contribution in [3.8, 4) is 0 Å². The lowest BCUT2D eigenvalue weighted by Crippen LogP contribution is -2.65. The second-order valence-electron chi connectivity index (χ2n) is 13.7. The summed E-state index contributed by atoms with van der Waals surface area (Å²) in [6, 6.07) is 0. The maximum absolute atomic E-state index is 11.2. The lowest BCUT2D eigenvalue weighted by molar-refractivity contribution is -0.349. The molecule has 51 heavy (non-hydrogen) atoms. The van der Waals surface area contributed by atoms with Gasteiger partial charge in [0.25, 0.3) is 0 Å². The van der Waals surface area contributed by atoms with E-state index < -0.39 is 136 Å². The summed E-state index contributed by atoms with van der Waals surface area (Å²) in [6.07, 6.45) is -27.5. The smallest absolute Gasteiger partial charge is 0.187 e. The maximum Gasteiger partial charge on any atom is 0.187 e. The Morgan fingerprint density at radius 3 is 1.75 bits per heavy atom. The Morgan fingerprint density at radius 2 is 1.14 bits per heavy atom. The van der Waals surface area contributed by atoms with Crippen LogP contribution >= 0.6 is 0 Å². The zero-order valence-corrected chi connectivity index (χ0v) is 28.6. The van der Waals surface area contributed by atoms with E-state index in [-0.39, 0.29) is 25.6 Å². The Kier molecular flexibility index (Phi) is 18.2. The van der Waals surface area contributed by atoms with Gasteiger partial charge in [-0.25, -0.2) is 0 Å². The van der Waals surface area contributed by atoms with Crippen LogP contribution in [0.25, 0.3) is 0 Å². The van der Waals surface area contributed by atoms with Crippen LogP contribution in [0.3, 0.4) is 0 Å². The first-order chi connectivity index (χ1) is 24.0. The van der Waals surface area contributed by atoms with Gasteiger partial charge in [-0.1, -0.05) is 26.7 Å². The molecule has 19 atom stereocenters. The number of rotatable bonds is 19. The van der Waals surface area contributed by atoms with E-state index in [1.807, 2.05) is 0 Å². The fourth-order valence-electron chi connectivity index (χ4n) is 6.20. The zero-order valence-electron chi connectivity index (χ0n) is 28.6. The molecule has 15 unspecified atom stereocenters. The molecule has 0 saturated carbocycles. The van der Waals surface area contributed by atoms with Crippen molar-refractivity contribution in [2.45, 2.75) is 156 Å². The van der Waals surface area contributed by atoms with E-state index in [1.165, 1.54) is 0 Å². The Bertz CT molecular complexity index is 980. The minimum Gasteiger partial charge on any atom is -0.394 e. The van der Waals surface area contributed by atoms with E-state index >= 15 is 0 Å². The summed E-state index contributed by atoms with van der Waals surface area (Å²) >= 11 is 0. The molecule has 0 radical (unpaired) electrons. The molecule has 0 aromatic carbocycles. The third-order valence-corrected chi connectivity index (χ3v) is 9.51. The Hall–Kier alpha value is -0.800. The summed E-state index contributed by atoms with van der Waals surface area (Å²) in [4.78, 5) is 0. The fourth-order valence-corrected chi connectivity index (χ4v) is 6.20. The van der Waals surface area contributed by atoms with Crippen molar-refractivity contribution in [3.63, 3.8) is 0 Å². The second-order valence-corrected chi connectivity index (χ2v) is 13.7. The molecule has 0 aliphatic carbocycles. The monoisotopic (exact) mass is 750 g/mol. The van der Waals surface area contributed by atoms with Gasteiger partial charge in [0.05, 0.1) is 38.6 Å². The molecule has 20 nitrogen and oxygen atoms in total. The molecular weight excluding hydrogens is 692 g/mol. The van der Waals surface area contributed by atoms with Crippen LogP contribution in [0.15, 0.2) is 0 Å². The van der Waals surface area contributed by atoms with Crippen LogP contribution in [-0.4, -0.2) is 221 Å². The third kappa shape index (κ3) is 11.4. The van der Waals surface area contributed by atoms with Crippen LogP contribution in [0.5, 0.6) is 0 Å². The molecule has 14 N–H and O–H groups in total. The minimum atomic E-state index is -1.81. The van der Waals surface area contributed by atoms with Crippen LogP contribution in [-0.2, 0) is 28.4 Å². The SMILES string of the molecule is CC(C)C1OC(COC2OC(COCCCCC[C@@H](O)[C@@H](O)[C@H](O)[C@H](O)CO)C(O)C(O)C2O)C(O)C(OC2OC(CO)C(O)C(O)C2O)C1O. The molecule has 3 saturated heterocycles. The molecule has 3 heterocycles. The topological polar surface area (TPSA) is 339 Å². The number of unbranched alkanes of at least 4 members (excludes halogenated alkanes) is 2. The van der Waals surface area contributed by atoms with E-state index in [9.17, 15) is 66.4 Å². The van der Waals surface area contributed by atoms with Crippen molar-refractivity contribution < 1.29 is 99.9 Å². The van der Waals surface area contributed by atoms with Gasteiger partial charge in [0.1, 0.15) is 91.6 Å². The van der Waals surface area contributed by atoms with Crippen LogP contribution < -0.4 is 0 Å². The summed E-state index contributed by atoms with van der Waals surface area (Å²) in [7, 11) is 0. The molecule has 0 aromatic rings. The highest BCUT2D eigenvalue weighted by Crippen LogP contribution is 2.32. The molecule has 3 aliphatic heterocycles. The number of aliphatic hydroxyl groups excluding tert-OH is 14. The predicted molar refractivity (Wildman–Crippen MR) is 167 cm³/mol. The molecule has 3 rings (SSSR count). The Balaban J connectivity index is 1.52. The summed E-state index contributed by atoms with van der Waals surface area (Å²) in [5.74, 6) is -0.346. The molecule has 302 valence electrons. The van der Waals surface area contributed by atoms with Crippen LogP contribution in [0.2, 0.25) is 0 Å². The quantitative estimate of drug-likeness (QED) is 0.0545. The first-order valence-corrected chi connectivity index (χ1v) is 17.2. The van der Waals surface area contributed by atoms with E-state index in [0.717, 1.165) is 0 Å². The first-order valence-electron chi connectivity index (χ1n) is 17.2.